The second kappa shape index (κ2) is 7.21. The lowest BCUT2D eigenvalue weighted by Crippen LogP contribution is -2.48. The summed E-state index contributed by atoms with van der Waals surface area (Å²) in [4.78, 5) is 60.2. The van der Waals surface area contributed by atoms with Crippen LogP contribution in [0.5, 0.6) is 0 Å². The summed E-state index contributed by atoms with van der Waals surface area (Å²) >= 11 is 0. The zero-order valence-corrected chi connectivity index (χ0v) is 13.0. The maximum Gasteiger partial charge on any atom is 0.334 e. The largest absolute Gasteiger partial charge is 0.335 e. The first-order valence-electron chi connectivity index (χ1n) is 7.71. The Balaban J connectivity index is 1.86. The van der Waals surface area contributed by atoms with Crippen LogP contribution >= 0.6 is 0 Å². The number of carbonyl (C=O) groups is 5. The van der Waals surface area contributed by atoms with Gasteiger partial charge in [-0.2, -0.15) is 0 Å². The van der Waals surface area contributed by atoms with Crippen LogP contribution in [0.3, 0.4) is 0 Å². The lowest BCUT2D eigenvalue weighted by atomic mass is 10.2. The molecule has 0 atom stereocenters. The van der Waals surface area contributed by atoms with Crippen LogP contribution in [0, 0.1) is 0 Å². The highest BCUT2D eigenvalue weighted by atomic mass is 16.2. The summed E-state index contributed by atoms with van der Waals surface area (Å²) in [5.74, 6) is -2.80. The first-order chi connectivity index (χ1) is 10.9. The van der Waals surface area contributed by atoms with Crippen molar-refractivity contribution in [3.8, 4) is 0 Å². The van der Waals surface area contributed by atoms with Crippen LogP contribution in [0.15, 0.2) is 0 Å². The molecule has 1 aliphatic carbocycles. The smallest absolute Gasteiger partial charge is 0.334 e. The minimum atomic E-state index is -1.05. The Hall–Kier alpha value is -2.45. The van der Waals surface area contributed by atoms with Gasteiger partial charge in [0.05, 0.1) is 0 Å². The molecule has 0 unspecified atom stereocenters. The van der Waals surface area contributed by atoms with Crippen LogP contribution in [0.1, 0.15) is 39.0 Å². The van der Waals surface area contributed by atoms with Crippen molar-refractivity contribution < 1.29 is 24.0 Å². The van der Waals surface area contributed by atoms with Crippen molar-refractivity contribution in [2.45, 2.75) is 45.1 Å². The molecule has 2 aliphatic rings. The van der Waals surface area contributed by atoms with E-state index in [4.69, 9.17) is 0 Å². The van der Waals surface area contributed by atoms with Gasteiger partial charge in [-0.3, -0.25) is 24.6 Å². The van der Waals surface area contributed by atoms with Crippen molar-refractivity contribution in [1.29, 1.82) is 0 Å². The fourth-order valence-electron chi connectivity index (χ4n) is 2.71. The van der Waals surface area contributed by atoms with Gasteiger partial charge in [-0.25, -0.2) is 14.5 Å². The zero-order valence-electron chi connectivity index (χ0n) is 13.0. The van der Waals surface area contributed by atoms with Crippen molar-refractivity contribution >= 4 is 29.8 Å². The molecule has 2 rings (SSSR count). The van der Waals surface area contributed by atoms with E-state index in [-0.39, 0.29) is 12.6 Å². The molecule has 9 heteroatoms. The van der Waals surface area contributed by atoms with E-state index >= 15 is 0 Å². The molecule has 0 aromatic heterocycles. The Morgan fingerprint density at radius 2 is 1.70 bits per heavy atom. The van der Waals surface area contributed by atoms with Crippen molar-refractivity contribution in [3.63, 3.8) is 0 Å². The Bertz CT molecular complexity index is 541. The van der Waals surface area contributed by atoms with Crippen LogP contribution in [0.2, 0.25) is 0 Å². The van der Waals surface area contributed by atoms with Gasteiger partial charge in [0.1, 0.15) is 6.54 Å². The standard InChI is InChI=1S/C14H20N4O5/c1-2-7-17-11(20)12(21)18(14(17)23)8-10(19)16-13(22)15-9-5-3-4-6-9/h9H,2-8H2,1H3,(H2,15,16,19,22). The summed E-state index contributed by atoms with van der Waals surface area (Å²) in [6.45, 7) is 1.22. The summed E-state index contributed by atoms with van der Waals surface area (Å²) < 4.78 is 0. The van der Waals surface area contributed by atoms with Gasteiger partial charge in [-0.15, -0.1) is 0 Å². The average Bonchev–Trinajstić information content (AvgIpc) is 3.06. The second-order valence-corrected chi connectivity index (χ2v) is 5.63. The van der Waals surface area contributed by atoms with E-state index in [1.165, 1.54) is 0 Å². The van der Waals surface area contributed by atoms with E-state index in [0.717, 1.165) is 30.6 Å². The molecule has 0 aromatic rings. The number of hydrogen-bond donors (Lipinski definition) is 2. The highest BCUT2D eigenvalue weighted by Gasteiger charge is 2.44. The molecule has 0 aromatic carbocycles. The van der Waals surface area contributed by atoms with Gasteiger partial charge in [0.15, 0.2) is 0 Å². The predicted octanol–water partition coefficient (Wildman–Crippen LogP) is -0.0444. The van der Waals surface area contributed by atoms with E-state index in [1.807, 2.05) is 0 Å². The van der Waals surface area contributed by atoms with Gasteiger partial charge in [-0.05, 0) is 19.3 Å². The van der Waals surface area contributed by atoms with Gasteiger partial charge < -0.3 is 5.32 Å². The van der Waals surface area contributed by atoms with Crippen LogP contribution in [0.4, 0.5) is 9.59 Å². The van der Waals surface area contributed by atoms with E-state index in [0.29, 0.717) is 11.3 Å². The maximum atomic E-state index is 11.9. The number of carbonyl (C=O) groups excluding carboxylic acids is 5. The number of nitrogens with zero attached hydrogens (tertiary/aromatic N) is 2. The normalized spacial score (nSPS) is 18.7. The Morgan fingerprint density at radius 1 is 1.09 bits per heavy atom. The zero-order chi connectivity index (χ0) is 17.0. The van der Waals surface area contributed by atoms with Gasteiger partial charge in [0.2, 0.25) is 5.91 Å². The topological polar surface area (TPSA) is 116 Å². The number of amides is 7. The molecule has 7 amide bonds. The molecule has 2 N–H and O–H groups in total. The molecule has 0 bridgehead atoms. The summed E-state index contributed by atoms with van der Waals surface area (Å²) in [7, 11) is 0. The molecule has 0 radical (unpaired) electrons. The maximum absolute atomic E-state index is 11.9. The van der Waals surface area contributed by atoms with Gasteiger partial charge >= 0.3 is 23.9 Å². The van der Waals surface area contributed by atoms with Crippen LogP contribution in [-0.2, 0) is 14.4 Å². The molecule has 1 saturated carbocycles. The Labute approximate surface area is 133 Å². The Kier molecular flexibility index (Phi) is 5.30. The third-order valence-electron chi connectivity index (χ3n) is 3.83. The molecule has 126 valence electrons. The van der Waals surface area contributed by atoms with Gasteiger partial charge in [0, 0.05) is 12.6 Å². The monoisotopic (exact) mass is 324 g/mol. The van der Waals surface area contributed by atoms with Crippen LogP contribution in [0.25, 0.3) is 0 Å². The molecule has 2 fully saturated rings. The second-order valence-electron chi connectivity index (χ2n) is 5.63. The van der Waals surface area contributed by atoms with Gasteiger partial charge in [0.25, 0.3) is 0 Å². The van der Waals surface area contributed by atoms with E-state index in [9.17, 15) is 24.0 Å². The number of hydrogen-bond acceptors (Lipinski definition) is 5. The van der Waals surface area contributed by atoms with Crippen molar-refractivity contribution in [2.75, 3.05) is 13.1 Å². The number of imide groups is 3. The molecule has 1 heterocycles. The Morgan fingerprint density at radius 3 is 2.30 bits per heavy atom. The third kappa shape index (κ3) is 3.85. The molecule has 1 saturated heterocycles. The molecule has 9 nitrogen and oxygen atoms in total. The lowest BCUT2D eigenvalue weighted by molar-refractivity contribution is -0.143. The van der Waals surface area contributed by atoms with Crippen LogP contribution in [-0.4, -0.2) is 58.7 Å². The highest BCUT2D eigenvalue weighted by Crippen LogP contribution is 2.17. The minimum absolute atomic E-state index is 0.0412. The molecular weight excluding hydrogens is 304 g/mol. The first-order valence-corrected chi connectivity index (χ1v) is 7.71. The van der Waals surface area contributed by atoms with Crippen molar-refractivity contribution in [2.24, 2.45) is 0 Å². The lowest BCUT2D eigenvalue weighted by Gasteiger charge is -2.15. The quantitative estimate of drug-likeness (QED) is 0.543. The summed E-state index contributed by atoms with van der Waals surface area (Å²) in [5.41, 5.74) is 0. The highest BCUT2D eigenvalue weighted by molar-refractivity contribution is 6.45. The van der Waals surface area contributed by atoms with Gasteiger partial charge in [-0.1, -0.05) is 19.8 Å². The number of rotatable bonds is 5. The molecule has 1 aliphatic heterocycles. The average molecular weight is 324 g/mol. The SMILES string of the molecule is CCCN1C(=O)C(=O)N(CC(=O)NC(=O)NC2CCCC2)C1=O. The molecular formula is C14H20N4O5. The van der Waals surface area contributed by atoms with E-state index < -0.39 is 36.3 Å². The summed E-state index contributed by atoms with van der Waals surface area (Å²) in [5, 5.41) is 4.73. The first kappa shape index (κ1) is 16.9. The predicted molar refractivity (Wildman–Crippen MR) is 78.0 cm³/mol. The minimum Gasteiger partial charge on any atom is -0.335 e. The fourth-order valence-corrected chi connectivity index (χ4v) is 2.71. The van der Waals surface area contributed by atoms with E-state index in [1.54, 1.807) is 6.92 Å². The third-order valence-corrected chi connectivity index (χ3v) is 3.83. The van der Waals surface area contributed by atoms with Crippen molar-refractivity contribution in [1.82, 2.24) is 20.4 Å². The fraction of sp³-hybridized carbons (Fsp3) is 0.643. The number of nitrogens with one attached hydrogen (secondary N) is 2. The molecule has 23 heavy (non-hydrogen) atoms. The number of urea groups is 2. The summed E-state index contributed by atoms with van der Waals surface area (Å²) in [6, 6.07) is -1.44. The van der Waals surface area contributed by atoms with E-state index in [2.05, 4.69) is 10.6 Å². The molecule has 0 spiro atoms. The van der Waals surface area contributed by atoms with Crippen molar-refractivity contribution in [3.05, 3.63) is 0 Å². The van der Waals surface area contributed by atoms with Crippen LogP contribution < -0.4 is 10.6 Å². The summed E-state index contributed by atoms with van der Waals surface area (Å²) in [6.07, 6.45) is 4.31.